The van der Waals surface area contributed by atoms with Crippen molar-refractivity contribution < 1.29 is 14.7 Å². The lowest BCUT2D eigenvalue weighted by Crippen LogP contribution is -2.35. The molecule has 0 radical (unpaired) electrons. The van der Waals surface area contributed by atoms with Crippen molar-refractivity contribution in [2.45, 2.75) is 34.1 Å². The summed E-state index contributed by atoms with van der Waals surface area (Å²) in [7, 11) is 0. The van der Waals surface area contributed by atoms with Crippen LogP contribution in [-0.2, 0) is 9.59 Å². The highest BCUT2D eigenvalue weighted by atomic mass is 16.4. The van der Waals surface area contributed by atoms with E-state index in [9.17, 15) is 9.59 Å². The van der Waals surface area contributed by atoms with Crippen LogP contribution in [0.2, 0.25) is 0 Å². The highest BCUT2D eigenvalue weighted by Crippen LogP contribution is 2.38. The lowest BCUT2D eigenvalue weighted by Gasteiger charge is -2.25. The van der Waals surface area contributed by atoms with Gasteiger partial charge < -0.3 is 10.4 Å². The number of amides is 1. The topological polar surface area (TPSA) is 66.4 Å². The van der Waals surface area contributed by atoms with Gasteiger partial charge in [-0.15, -0.1) is 0 Å². The van der Waals surface area contributed by atoms with Gasteiger partial charge in [-0.05, 0) is 24.2 Å². The third kappa shape index (κ3) is 3.72. The Morgan fingerprint density at radius 3 is 2.06 bits per heavy atom. The fourth-order valence-corrected chi connectivity index (χ4v) is 2.35. The van der Waals surface area contributed by atoms with Crippen LogP contribution in [0.1, 0.15) is 34.1 Å². The number of nitrogens with one attached hydrogen (secondary N) is 1. The average molecular weight is 241 g/mol. The van der Waals surface area contributed by atoms with E-state index in [1.807, 2.05) is 0 Å². The summed E-state index contributed by atoms with van der Waals surface area (Å²) in [6.45, 7) is 9.24. The van der Waals surface area contributed by atoms with Gasteiger partial charge in [0.05, 0.1) is 11.8 Å². The standard InChI is InChI=1S/C13H23NO3/c1-7(2)11(8(3)4)6-14-12(15)9-5-10(9)13(16)17/h7-11H,5-6H2,1-4H3,(H,14,15)(H,16,17)/t9-,10+/m1/s1. The second-order valence-corrected chi connectivity index (χ2v) is 5.68. The Bertz CT molecular complexity index is 291. The average Bonchev–Trinajstić information content (AvgIpc) is 2.95. The van der Waals surface area contributed by atoms with Gasteiger partial charge in [0.2, 0.25) is 5.91 Å². The van der Waals surface area contributed by atoms with Crippen LogP contribution >= 0.6 is 0 Å². The van der Waals surface area contributed by atoms with Gasteiger partial charge in [0.25, 0.3) is 0 Å². The van der Waals surface area contributed by atoms with Crippen LogP contribution in [0.4, 0.5) is 0 Å². The number of hydrogen-bond donors (Lipinski definition) is 2. The SMILES string of the molecule is CC(C)C(CNC(=O)[C@@H]1C[C@@H]1C(=O)O)C(C)C. The first-order valence-electron chi connectivity index (χ1n) is 6.35. The van der Waals surface area contributed by atoms with Crippen LogP contribution in [0.5, 0.6) is 0 Å². The second-order valence-electron chi connectivity index (χ2n) is 5.68. The summed E-state index contributed by atoms with van der Waals surface area (Å²) in [4.78, 5) is 22.3. The summed E-state index contributed by atoms with van der Waals surface area (Å²) >= 11 is 0. The summed E-state index contributed by atoms with van der Waals surface area (Å²) in [5.74, 6) is -0.215. The van der Waals surface area contributed by atoms with Gasteiger partial charge in [-0.3, -0.25) is 9.59 Å². The molecule has 0 unspecified atom stereocenters. The van der Waals surface area contributed by atoms with E-state index in [1.165, 1.54) is 0 Å². The number of carboxylic acids is 1. The predicted molar refractivity (Wildman–Crippen MR) is 65.4 cm³/mol. The molecule has 0 saturated heterocycles. The minimum Gasteiger partial charge on any atom is -0.481 e. The highest BCUT2D eigenvalue weighted by Gasteiger charge is 2.48. The summed E-state index contributed by atoms with van der Waals surface area (Å²) < 4.78 is 0. The lowest BCUT2D eigenvalue weighted by molar-refractivity contribution is -0.140. The lowest BCUT2D eigenvalue weighted by atomic mass is 9.85. The van der Waals surface area contributed by atoms with Crippen molar-refractivity contribution in [3.05, 3.63) is 0 Å². The number of aliphatic carboxylic acids is 1. The molecule has 1 saturated carbocycles. The molecule has 1 fully saturated rings. The van der Waals surface area contributed by atoms with Gasteiger partial charge in [-0.25, -0.2) is 0 Å². The van der Waals surface area contributed by atoms with Gasteiger partial charge in [0, 0.05) is 6.54 Å². The van der Waals surface area contributed by atoms with Crippen molar-refractivity contribution in [1.82, 2.24) is 5.32 Å². The first-order valence-corrected chi connectivity index (χ1v) is 6.35. The Morgan fingerprint density at radius 1 is 1.18 bits per heavy atom. The number of hydrogen-bond acceptors (Lipinski definition) is 2. The van der Waals surface area contributed by atoms with Gasteiger partial charge in [-0.1, -0.05) is 27.7 Å². The zero-order valence-electron chi connectivity index (χ0n) is 11.1. The fourth-order valence-electron chi connectivity index (χ4n) is 2.35. The van der Waals surface area contributed by atoms with Gasteiger partial charge in [-0.2, -0.15) is 0 Å². The van der Waals surface area contributed by atoms with Crippen LogP contribution in [0, 0.1) is 29.6 Å². The molecular weight excluding hydrogens is 218 g/mol. The van der Waals surface area contributed by atoms with Crippen LogP contribution in [0.15, 0.2) is 0 Å². The molecule has 98 valence electrons. The molecule has 1 amide bonds. The van der Waals surface area contributed by atoms with Crippen LogP contribution in [-0.4, -0.2) is 23.5 Å². The summed E-state index contributed by atoms with van der Waals surface area (Å²) in [6, 6.07) is 0. The van der Waals surface area contributed by atoms with Crippen LogP contribution in [0.3, 0.4) is 0 Å². The van der Waals surface area contributed by atoms with Crippen LogP contribution < -0.4 is 5.32 Å². The van der Waals surface area contributed by atoms with E-state index in [0.29, 0.717) is 30.7 Å². The highest BCUT2D eigenvalue weighted by molar-refractivity contribution is 5.89. The fraction of sp³-hybridized carbons (Fsp3) is 0.846. The molecule has 1 aliphatic rings. The molecule has 0 aromatic rings. The molecule has 2 atom stereocenters. The third-order valence-corrected chi connectivity index (χ3v) is 3.67. The second kappa shape index (κ2) is 5.52. The van der Waals surface area contributed by atoms with Gasteiger partial charge >= 0.3 is 5.97 Å². The van der Waals surface area contributed by atoms with E-state index in [1.54, 1.807) is 0 Å². The Kier molecular flexibility index (Phi) is 4.54. The van der Waals surface area contributed by atoms with E-state index >= 15 is 0 Å². The predicted octanol–water partition coefficient (Wildman–Crippen LogP) is 1.75. The molecule has 4 heteroatoms. The Hall–Kier alpha value is -1.06. The monoisotopic (exact) mass is 241 g/mol. The molecule has 0 heterocycles. The minimum absolute atomic E-state index is 0.0938. The molecular formula is C13H23NO3. The number of carbonyl (C=O) groups excluding carboxylic acids is 1. The summed E-state index contributed by atoms with van der Waals surface area (Å²) in [5, 5.41) is 11.6. The Labute approximate surface area is 103 Å². The molecule has 0 spiro atoms. The van der Waals surface area contributed by atoms with Gasteiger partial charge in [0.15, 0.2) is 0 Å². The van der Waals surface area contributed by atoms with Crippen molar-refractivity contribution in [3.63, 3.8) is 0 Å². The molecule has 2 N–H and O–H groups in total. The number of carboxylic acid groups (broad SMARTS) is 1. The number of carbonyl (C=O) groups is 2. The zero-order valence-corrected chi connectivity index (χ0v) is 11.1. The quantitative estimate of drug-likeness (QED) is 0.744. The van der Waals surface area contributed by atoms with Crippen molar-refractivity contribution in [2.24, 2.45) is 29.6 Å². The molecule has 0 bridgehead atoms. The molecule has 0 aromatic carbocycles. The molecule has 0 aromatic heterocycles. The van der Waals surface area contributed by atoms with E-state index in [4.69, 9.17) is 5.11 Å². The van der Waals surface area contributed by atoms with Crippen molar-refractivity contribution in [1.29, 1.82) is 0 Å². The van der Waals surface area contributed by atoms with Crippen LogP contribution in [0.25, 0.3) is 0 Å². The molecule has 1 rings (SSSR count). The maximum absolute atomic E-state index is 11.7. The third-order valence-electron chi connectivity index (χ3n) is 3.67. The smallest absolute Gasteiger partial charge is 0.307 e. The Morgan fingerprint density at radius 2 is 1.71 bits per heavy atom. The molecule has 17 heavy (non-hydrogen) atoms. The largest absolute Gasteiger partial charge is 0.481 e. The van der Waals surface area contributed by atoms with E-state index < -0.39 is 11.9 Å². The van der Waals surface area contributed by atoms with E-state index in [2.05, 4.69) is 33.0 Å². The first kappa shape index (κ1) is 14.0. The molecule has 1 aliphatic carbocycles. The summed E-state index contributed by atoms with van der Waals surface area (Å²) in [5.41, 5.74) is 0. The molecule has 0 aliphatic heterocycles. The van der Waals surface area contributed by atoms with Crippen molar-refractivity contribution >= 4 is 11.9 Å². The van der Waals surface area contributed by atoms with Crippen molar-refractivity contribution in [2.75, 3.05) is 6.54 Å². The molecule has 4 nitrogen and oxygen atoms in total. The first-order chi connectivity index (χ1) is 7.84. The Balaban J connectivity index is 2.36. The summed E-state index contributed by atoms with van der Waals surface area (Å²) in [6.07, 6.45) is 0.495. The van der Waals surface area contributed by atoms with E-state index in [-0.39, 0.29) is 11.8 Å². The maximum atomic E-state index is 11.7. The maximum Gasteiger partial charge on any atom is 0.307 e. The van der Waals surface area contributed by atoms with Gasteiger partial charge in [0.1, 0.15) is 0 Å². The number of rotatable bonds is 6. The normalized spacial score (nSPS) is 23.2. The van der Waals surface area contributed by atoms with E-state index in [0.717, 1.165) is 0 Å². The van der Waals surface area contributed by atoms with Crippen molar-refractivity contribution in [3.8, 4) is 0 Å². The zero-order chi connectivity index (χ0) is 13.2. The minimum atomic E-state index is -0.852.